The Bertz CT molecular complexity index is 1310. The van der Waals surface area contributed by atoms with E-state index in [4.69, 9.17) is 18.6 Å². The molecule has 3 N–H and O–H groups in total. The van der Waals surface area contributed by atoms with Crippen molar-refractivity contribution in [3.63, 3.8) is 0 Å². The van der Waals surface area contributed by atoms with Gasteiger partial charge in [-0.1, -0.05) is 6.07 Å². The summed E-state index contributed by atoms with van der Waals surface area (Å²) in [4.78, 5) is 37.2. The second-order valence-electron chi connectivity index (χ2n) is 7.93. The van der Waals surface area contributed by atoms with E-state index < -0.39 is 17.5 Å². The molecule has 3 rings (SSSR count). The third kappa shape index (κ3) is 5.77. The summed E-state index contributed by atoms with van der Waals surface area (Å²) in [5, 5.41) is 16.1. The lowest BCUT2D eigenvalue weighted by molar-refractivity contribution is -0.116. The summed E-state index contributed by atoms with van der Waals surface area (Å²) in [6.45, 7) is 2.93. The van der Waals surface area contributed by atoms with Gasteiger partial charge in [0.15, 0.2) is 11.5 Å². The summed E-state index contributed by atoms with van der Waals surface area (Å²) in [5.74, 6) is -0.781. The van der Waals surface area contributed by atoms with Crippen molar-refractivity contribution in [1.29, 1.82) is 0 Å². The number of rotatable bonds is 9. The highest BCUT2D eigenvalue weighted by atomic mass is 16.5. The number of benzene rings is 2. The number of methoxy groups -OCH3 is 3. The Hall–Kier alpha value is -4.47. The molecule has 0 fully saturated rings. The van der Waals surface area contributed by atoms with Crippen molar-refractivity contribution in [1.82, 2.24) is 0 Å². The summed E-state index contributed by atoms with van der Waals surface area (Å²) in [6, 6.07) is 11.1. The van der Waals surface area contributed by atoms with Gasteiger partial charge < -0.3 is 34.4 Å². The SMILES string of the molecule is COc1ccc([C@@H](CC(=O)Nc2ccc(NC(C)=O)cc2)c2c(O)cc(C)oc2=O)c(OC)c1OC. The number of hydrogen-bond donors (Lipinski definition) is 3. The molecule has 0 saturated carbocycles. The summed E-state index contributed by atoms with van der Waals surface area (Å²) in [5.41, 5.74) is 0.602. The maximum atomic E-state index is 13.1. The average Bonchev–Trinajstić information content (AvgIpc) is 2.82. The number of ether oxygens (including phenoxy) is 3. The lowest BCUT2D eigenvalue weighted by atomic mass is 9.87. The van der Waals surface area contributed by atoms with Crippen LogP contribution in [0.3, 0.4) is 0 Å². The highest BCUT2D eigenvalue weighted by molar-refractivity contribution is 5.93. The first-order chi connectivity index (χ1) is 17.2. The lowest BCUT2D eigenvalue weighted by Gasteiger charge is -2.22. The first-order valence-electron chi connectivity index (χ1n) is 11.0. The zero-order valence-electron chi connectivity index (χ0n) is 20.6. The molecule has 10 heteroatoms. The first kappa shape index (κ1) is 26.1. The lowest BCUT2D eigenvalue weighted by Crippen LogP contribution is -2.21. The van der Waals surface area contributed by atoms with E-state index in [0.717, 1.165) is 0 Å². The van der Waals surface area contributed by atoms with E-state index in [1.54, 1.807) is 36.4 Å². The van der Waals surface area contributed by atoms with E-state index in [1.807, 2.05) is 0 Å². The van der Waals surface area contributed by atoms with Crippen LogP contribution >= 0.6 is 0 Å². The number of carbonyl (C=O) groups excluding carboxylic acids is 2. The molecule has 3 aromatic rings. The molecule has 1 heterocycles. The van der Waals surface area contributed by atoms with Crippen LogP contribution in [0.4, 0.5) is 11.4 Å². The fourth-order valence-corrected chi connectivity index (χ4v) is 3.93. The van der Waals surface area contributed by atoms with Crippen molar-refractivity contribution >= 4 is 23.2 Å². The maximum absolute atomic E-state index is 13.1. The Morgan fingerprint density at radius 1 is 0.944 bits per heavy atom. The minimum Gasteiger partial charge on any atom is -0.507 e. The van der Waals surface area contributed by atoms with Gasteiger partial charge in [0.25, 0.3) is 0 Å². The number of aryl methyl sites for hydroxylation is 1. The number of hydrogen-bond acceptors (Lipinski definition) is 8. The molecule has 2 aromatic carbocycles. The molecule has 2 amide bonds. The summed E-state index contributed by atoms with van der Waals surface area (Å²) in [6.07, 6.45) is -0.235. The average molecular weight is 497 g/mol. The van der Waals surface area contributed by atoms with E-state index >= 15 is 0 Å². The van der Waals surface area contributed by atoms with Crippen molar-refractivity contribution in [2.75, 3.05) is 32.0 Å². The van der Waals surface area contributed by atoms with Crippen molar-refractivity contribution in [2.24, 2.45) is 0 Å². The van der Waals surface area contributed by atoms with Crippen LogP contribution in [0.2, 0.25) is 0 Å². The van der Waals surface area contributed by atoms with Gasteiger partial charge in [-0.3, -0.25) is 9.59 Å². The number of nitrogens with one attached hydrogen (secondary N) is 2. The van der Waals surface area contributed by atoms with E-state index in [2.05, 4.69) is 10.6 Å². The van der Waals surface area contributed by atoms with Gasteiger partial charge in [-0.15, -0.1) is 0 Å². The van der Waals surface area contributed by atoms with Gasteiger partial charge in [0.2, 0.25) is 17.6 Å². The molecule has 1 aromatic heterocycles. The molecule has 0 radical (unpaired) electrons. The molecule has 0 aliphatic carbocycles. The van der Waals surface area contributed by atoms with Crippen LogP contribution < -0.4 is 30.5 Å². The predicted octanol–water partition coefficient (Wildman–Crippen LogP) is 3.80. The smallest absolute Gasteiger partial charge is 0.343 e. The van der Waals surface area contributed by atoms with Crippen molar-refractivity contribution in [2.45, 2.75) is 26.2 Å². The Morgan fingerprint density at radius 2 is 1.56 bits per heavy atom. The van der Waals surface area contributed by atoms with Crippen LogP contribution in [0.1, 0.15) is 36.1 Å². The number of carbonyl (C=O) groups is 2. The standard InChI is InChI=1S/C26H28N2O8/c1-14-12-20(30)23(26(32)36-14)19(18-10-11-21(33-3)25(35-5)24(18)34-4)13-22(31)28-17-8-6-16(7-9-17)27-15(2)29/h6-12,19,30H,13H2,1-5H3,(H,27,29)(H,28,31)/t19-/m1/s1. The van der Waals surface area contributed by atoms with Gasteiger partial charge >= 0.3 is 5.63 Å². The number of anilines is 2. The molecule has 1 atom stereocenters. The third-order valence-electron chi connectivity index (χ3n) is 5.43. The molecule has 0 spiro atoms. The maximum Gasteiger partial charge on any atom is 0.343 e. The van der Waals surface area contributed by atoms with Gasteiger partial charge in [-0.25, -0.2) is 4.79 Å². The topological polar surface area (TPSA) is 136 Å². The second-order valence-corrected chi connectivity index (χ2v) is 7.93. The number of aromatic hydroxyl groups is 1. The molecular formula is C26H28N2O8. The molecule has 0 saturated heterocycles. The fourth-order valence-electron chi connectivity index (χ4n) is 3.93. The number of amides is 2. The largest absolute Gasteiger partial charge is 0.507 e. The van der Waals surface area contributed by atoms with Crippen LogP contribution in [0.25, 0.3) is 0 Å². The monoisotopic (exact) mass is 496 g/mol. The molecule has 0 aliphatic rings. The highest BCUT2D eigenvalue weighted by Crippen LogP contribution is 2.46. The van der Waals surface area contributed by atoms with E-state index in [9.17, 15) is 19.5 Å². The molecular weight excluding hydrogens is 468 g/mol. The summed E-state index contributed by atoms with van der Waals surface area (Å²) >= 11 is 0. The molecule has 0 aliphatic heterocycles. The Labute approximate surface area is 207 Å². The normalized spacial score (nSPS) is 11.4. The zero-order chi connectivity index (χ0) is 26.4. The van der Waals surface area contributed by atoms with Gasteiger partial charge in [-0.2, -0.15) is 0 Å². The highest BCUT2D eigenvalue weighted by Gasteiger charge is 2.30. The minimum atomic E-state index is -0.949. The van der Waals surface area contributed by atoms with E-state index in [0.29, 0.717) is 22.7 Å². The molecule has 36 heavy (non-hydrogen) atoms. The van der Waals surface area contributed by atoms with E-state index in [-0.39, 0.29) is 40.9 Å². The van der Waals surface area contributed by atoms with Gasteiger partial charge in [0.05, 0.1) is 26.9 Å². The van der Waals surface area contributed by atoms with Crippen LogP contribution in [-0.2, 0) is 9.59 Å². The second kappa shape index (κ2) is 11.3. The summed E-state index contributed by atoms with van der Waals surface area (Å²) in [7, 11) is 4.33. The van der Waals surface area contributed by atoms with Crippen LogP contribution in [0.15, 0.2) is 51.7 Å². The predicted molar refractivity (Wildman–Crippen MR) is 133 cm³/mol. The molecule has 10 nitrogen and oxygen atoms in total. The van der Waals surface area contributed by atoms with Crippen molar-refractivity contribution < 1.29 is 33.3 Å². The fraction of sp³-hybridized carbons (Fsp3) is 0.269. The Kier molecular flexibility index (Phi) is 8.21. The van der Waals surface area contributed by atoms with E-state index in [1.165, 1.54) is 41.2 Å². The van der Waals surface area contributed by atoms with Crippen LogP contribution in [0.5, 0.6) is 23.0 Å². The van der Waals surface area contributed by atoms with Gasteiger partial charge in [0, 0.05) is 42.3 Å². The summed E-state index contributed by atoms with van der Waals surface area (Å²) < 4.78 is 21.6. The third-order valence-corrected chi connectivity index (χ3v) is 5.43. The van der Waals surface area contributed by atoms with Gasteiger partial charge in [-0.05, 0) is 37.3 Å². The minimum absolute atomic E-state index is 0.0951. The molecule has 0 bridgehead atoms. The Balaban J connectivity index is 2.03. The van der Waals surface area contributed by atoms with Crippen molar-refractivity contribution in [3.8, 4) is 23.0 Å². The molecule has 0 unspecified atom stereocenters. The quantitative estimate of drug-likeness (QED) is 0.407. The molecule has 190 valence electrons. The van der Waals surface area contributed by atoms with Gasteiger partial charge in [0.1, 0.15) is 11.5 Å². The zero-order valence-corrected chi connectivity index (χ0v) is 20.6. The van der Waals surface area contributed by atoms with Crippen LogP contribution in [-0.4, -0.2) is 38.3 Å². The van der Waals surface area contributed by atoms with Crippen molar-refractivity contribution in [3.05, 3.63) is 69.8 Å². The van der Waals surface area contributed by atoms with Crippen LogP contribution in [0, 0.1) is 6.92 Å². The Morgan fingerprint density at radius 3 is 2.08 bits per heavy atom. The first-order valence-corrected chi connectivity index (χ1v) is 11.0.